The number of ether oxygens (including phenoxy) is 2. The maximum atomic E-state index is 14.8. The second-order valence-corrected chi connectivity index (χ2v) is 12.3. The lowest BCUT2D eigenvalue weighted by Gasteiger charge is -2.31. The highest BCUT2D eigenvalue weighted by Crippen LogP contribution is 2.45. The molecule has 0 spiro atoms. The van der Waals surface area contributed by atoms with Crippen molar-refractivity contribution >= 4 is 23.6 Å². The molecule has 0 unspecified atom stereocenters. The predicted octanol–water partition coefficient (Wildman–Crippen LogP) is 8.20. The first-order valence-electron chi connectivity index (χ1n) is 17.2. The van der Waals surface area contributed by atoms with E-state index in [1.165, 1.54) is 0 Å². The summed E-state index contributed by atoms with van der Waals surface area (Å²) >= 11 is 0. The number of carbonyl (C=O) groups is 1. The molecule has 1 aliphatic rings. The molecule has 0 aliphatic carbocycles. The number of carbonyl (C=O) groups excluding carboxylic acids is 1. The molecule has 0 aromatic heterocycles. The molecule has 5 aromatic carbocycles. The van der Waals surface area contributed by atoms with Gasteiger partial charge in [0.2, 0.25) is 5.90 Å². The van der Waals surface area contributed by atoms with Crippen molar-refractivity contribution in [1.82, 2.24) is 10.9 Å². The molecule has 0 radical (unpaired) electrons. The Bertz CT molecular complexity index is 1980. The van der Waals surface area contributed by atoms with Gasteiger partial charge in [-0.3, -0.25) is 10.2 Å². The van der Waals surface area contributed by atoms with Gasteiger partial charge in [-0.15, -0.1) is 0 Å². The summed E-state index contributed by atoms with van der Waals surface area (Å²) in [5.41, 5.74) is 18.8. The van der Waals surface area contributed by atoms with E-state index in [1.54, 1.807) is 30.3 Å². The van der Waals surface area contributed by atoms with E-state index >= 15 is 0 Å². The van der Waals surface area contributed by atoms with Crippen molar-refractivity contribution in [3.63, 3.8) is 0 Å². The highest BCUT2D eigenvalue weighted by Gasteiger charge is 2.53. The number of amides is 1. The van der Waals surface area contributed by atoms with Crippen LogP contribution in [-0.4, -0.2) is 42.2 Å². The van der Waals surface area contributed by atoms with E-state index in [0.717, 1.165) is 16.7 Å². The number of azide groups is 1. The standard InChI is InChI=1S/C42H40N6O4/c43-48-46-38-22-11-10-21-36(38)39-42(27-12-16-31-14-4-1-5-15-31,45-40(52-39)34-23-25-35(26-24-34)51-29-13-28-49)41(50)47-44-30-37(32-17-6-2-7-18-32)33-19-8-3-9-20-33/h1-12,14-26,37,39,44,49H,13,27-30H2,(H,47,50)/b16-12+/t39-,42-/m0/s1. The summed E-state index contributed by atoms with van der Waals surface area (Å²) in [6.45, 7) is 0.828. The zero-order chi connectivity index (χ0) is 36.0. The number of hydrogen-bond donors (Lipinski definition) is 3. The number of hydrogen-bond acceptors (Lipinski definition) is 7. The minimum atomic E-state index is -1.51. The third kappa shape index (κ3) is 8.57. The summed E-state index contributed by atoms with van der Waals surface area (Å²) in [6, 6.07) is 44.4. The fraction of sp³-hybridized carbons (Fsp3) is 0.190. The molecule has 10 nitrogen and oxygen atoms in total. The summed E-state index contributed by atoms with van der Waals surface area (Å²) < 4.78 is 12.4. The van der Waals surface area contributed by atoms with E-state index in [-0.39, 0.29) is 24.8 Å². The Morgan fingerprint density at radius 3 is 2.19 bits per heavy atom. The molecule has 10 heteroatoms. The molecule has 3 N–H and O–H groups in total. The van der Waals surface area contributed by atoms with Gasteiger partial charge in [0.05, 0.1) is 6.61 Å². The molecule has 6 rings (SSSR count). The van der Waals surface area contributed by atoms with Gasteiger partial charge < -0.3 is 14.6 Å². The Kier molecular flexibility index (Phi) is 12.1. The second kappa shape index (κ2) is 17.6. The third-order valence-electron chi connectivity index (χ3n) is 8.85. The van der Waals surface area contributed by atoms with E-state index in [4.69, 9.17) is 19.6 Å². The summed E-state index contributed by atoms with van der Waals surface area (Å²) in [6.07, 6.45) is 3.60. The monoisotopic (exact) mass is 692 g/mol. The number of nitrogens with one attached hydrogen (secondary N) is 2. The van der Waals surface area contributed by atoms with Crippen molar-refractivity contribution < 1.29 is 19.4 Å². The molecule has 1 aliphatic heterocycles. The van der Waals surface area contributed by atoms with Crippen LogP contribution in [0.4, 0.5) is 5.69 Å². The van der Waals surface area contributed by atoms with Gasteiger partial charge in [0.1, 0.15) is 5.75 Å². The molecule has 262 valence electrons. The van der Waals surface area contributed by atoms with Gasteiger partial charge in [-0.05, 0) is 46.5 Å². The molecule has 5 aromatic rings. The van der Waals surface area contributed by atoms with E-state index in [9.17, 15) is 10.3 Å². The Balaban J connectivity index is 1.37. The molecule has 0 saturated carbocycles. The van der Waals surface area contributed by atoms with Gasteiger partial charge in [-0.1, -0.05) is 133 Å². The number of aliphatic hydroxyl groups excluding tert-OH is 1. The van der Waals surface area contributed by atoms with Crippen molar-refractivity contribution in [3.05, 3.63) is 184 Å². The first-order chi connectivity index (χ1) is 25.6. The quantitative estimate of drug-likeness (QED) is 0.0314. The third-order valence-corrected chi connectivity index (χ3v) is 8.85. The van der Waals surface area contributed by atoms with Gasteiger partial charge in [0.25, 0.3) is 5.91 Å². The number of hydrazine groups is 1. The topological polar surface area (TPSA) is 141 Å². The average molecular weight is 693 g/mol. The summed E-state index contributed by atoms with van der Waals surface area (Å²) in [4.78, 5) is 22.9. The minimum Gasteiger partial charge on any atom is -0.494 e. The molecule has 52 heavy (non-hydrogen) atoms. The molecule has 1 amide bonds. The van der Waals surface area contributed by atoms with E-state index < -0.39 is 17.6 Å². The van der Waals surface area contributed by atoms with Crippen LogP contribution in [0.15, 0.2) is 156 Å². The Labute approximate surface area is 303 Å². The Morgan fingerprint density at radius 2 is 1.54 bits per heavy atom. The zero-order valence-electron chi connectivity index (χ0n) is 28.6. The number of nitrogens with zero attached hydrogens (tertiary/aromatic N) is 4. The van der Waals surface area contributed by atoms with E-state index in [2.05, 4.69) is 45.1 Å². The maximum absolute atomic E-state index is 14.8. The lowest BCUT2D eigenvalue weighted by atomic mass is 9.83. The van der Waals surface area contributed by atoms with E-state index in [0.29, 0.717) is 42.1 Å². The molecule has 0 fully saturated rings. The Morgan fingerprint density at radius 1 is 0.904 bits per heavy atom. The largest absolute Gasteiger partial charge is 0.494 e. The van der Waals surface area contributed by atoms with Crippen LogP contribution < -0.4 is 15.6 Å². The molecular weight excluding hydrogens is 652 g/mol. The fourth-order valence-corrected chi connectivity index (χ4v) is 6.22. The van der Waals surface area contributed by atoms with Crippen molar-refractivity contribution in [2.45, 2.75) is 30.4 Å². The van der Waals surface area contributed by atoms with Crippen molar-refractivity contribution in [2.24, 2.45) is 10.1 Å². The molecule has 0 bridgehead atoms. The van der Waals surface area contributed by atoms with Gasteiger partial charge in [0.15, 0.2) is 11.6 Å². The average Bonchev–Trinajstić information content (AvgIpc) is 3.59. The normalized spacial score (nSPS) is 16.6. The van der Waals surface area contributed by atoms with Gasteiger partial charge in [0, 0.05) is 53.6 Å². The van der Waals surface area contributed by atoms with Crippen LogP contribution in [0.25, 0.3) is 16.5 Å². The first-order valence-corrected chi connectivity index (χ1v) is 17.2. The van der Waals surface area contributed by atoms with Crippen LogP contribution >= 0.6 is 0 Å². The van der Waals surface area contributed by atoms with Crippen molar-refractivity contribution in [3.8, 4) is 5.75 Å². The van der Waals surface area contributed by atoms with Crippen LogP contribution in [-0.2, 0) is 9.53 Å². The number of aliphatic imine (C=N–C) groups is 1. The van der Waals surface area contributed by atoms with Gasteiger partial charge in [-0.25, -0.2) is 10.4 Å². The predicted molar refractivity (Wildman–Crippen MR) is 203 cm³/mol. The molecular formula is C42H40N6O4. The van der Waals surface area contributed by atoms with Crippen LogP contribution in [0, 0.1) is 0 Å². The summed E-state index contributed by atoms with van der Waals surface area (Å²) in [5, 5.41) is 13.1. The minimum absolute atomic E-state index is 0.0400. The van der Waals surface area contributed by atoms with Crippen LogP contribution in [0.1, 0.15) is 52.7 Å². The SMILES string of the molecule is [N-]=[N+]=Nc1ccccc1[C@@H]1OC(c2ccc(OCCCO)cc2)=N[C@]1(C/C=C/c1ccccc1)C(=O)NNCC(c1ccccc1)c1ccccc1. The lowest BCUT2D eigenvalue weighted by Crippen LogP contribution is -2.53. The highest BCUT2D eigenvalue weighted by atomic mass is 16.5. The van der Waals surface area contributed by atoms with Crippen molar-refractivity contribution in [1.29, 1.82) is 0 Å². The second-order valence-electron chi connectivity index (χ2n) is 12.3. The first kappa shape index (κ1) is 35.6. The highest BCUT2D eigenvalue weighted by molar-refractivity contribution is 6.01. The van der Waals surface area contributed by atoms with Crippen LogP contribution in [0.5, 0.6) is 5.75 Å². The smallest absolute Gasteiger partial charge is 0.266 e. The molecule has 2 atom stereocenters. The van der Waals surface area contributed by atoms with Crippen LogP contribution in [0.2, 0.25) is 0 Å². The van der Waals surface area contributed by atoms with Gasteiger partial charge >= 0.3 is 0 Å². The maximum Gasteiger partial charge on any atom is 0.266 e. The molecule has 1 heterocycles. The summed E-state index contributed by atoms with van der Waals surface area (Å²) in [7, 11) is 0. The lowest BCUT2D eigenvalue weighted by molar-refractivity contribution is -0.129. The van der Waals surface area contributed by atoms with Crippen molar-refractivity contribution in [2.75, 3.05) is 19.8 Å². The summed E-state index contributed by atoms with van der Waals surface area (Å²) in [5.74, 6) is 0.434. The Hall–Kier alpha value is -6.19. The fourth-order valence-electron chi connectivity index (χ4n) is 6.22. The van der Waals surface area contributed by atoms with Gasteiger partial charge in [-0.2, -0.15) is 0 Å². The number of benzene rings is 5. The number of rotatable bonds is 16. The zero-order valence-corrected chi connectivity index (χ0v) is 28.6. The van der Waals surface area contributed by atoms with Crippen LogP contribution in [0.3, 0.4) is 0 Å². The molecule has 0 saturated heterocycles. The van der Waals surface area contributed by atoms with E-state index in [1.807, 2.05) is 97.1 Å². The number of aliphatic hydroxyl groups is 1.